The fourth-order valence-corrected chi connectivity index (χ4v) is 1.86. The van der Waals surface area contributed by atoms with Gasteiger partial charge >= 0.3 is 0 Å². The highest BCUT2D eigenvalue weighted by Gasteiger charge is 2.45. The fourth-order valence-electron chi connectivity index (χ4n) is 1.86. The molecule has 4 heteroatoms. The van der Waals surface area contributed by atoms with E-state index in [4.69, 9.17) is 0 Å². The van der Waals surface area contributed by atoms with Crippen molar-refractivity contribution in [3.63, 3.8) is 0 Å². The van der Waals surface area contributed by atoms with Crippen LogP contribution in [-0.2, 0) is 0 Å². The number of nitrogens with zero attached hydrogens (tertiary/aromatic N) is 1. The molecule has 15 heavy (non-hydrogen) atoms. The third-order valence-corrected chi connectivity index (χ3v) is 3.66. The minimum absolute atomic E-state index is 0.198. The van der Waals surface area contributed by atoms with Gasteiger partial charge in [-0.25, -0.2) is 0 Å². The van der Waals surface area contributed by atoms with Gasteiger partial charge in [-0.15, -0.1) is 0 Å². The van der Waals surface area contributed by atoms with E-state index in [0.717, 1.165) is 13.1 Å². The summed E-state index contributed by atoms with van der Waals surface area (Å²) >= 11 is 0. The van der Waals surface area contributed by atoms with Gasteiger partial charge < -0.3 is 15.3 Å². The largest absolute Gasteiger partial charge is 0.394 e. The molecule has 0 amide bonds. The van der Waals surface area contributed by atoms with Crippen LogP contribution in [0.25, 0.3) is 0 Å². The second kappa shape index (κ2) is 4.37. The third kappa shape index (κ3) is 2.33. The van der Waals surface area contributed by atoms with Crippen LogP contribution in [0.15, 0.2) is 0 Å². The van der Waals surface area contributed by atoms with Crippen molar-refractivity contribution in [1.82, 2.24) is 4.90 Å². The van der Waals surface area contributed by atoms with Crippen molar-refractivity contribution in [2.24, 2.45) is 11.3 Å². The van der Waals surface area contributed by atoms with E-state index < -0.39 is 5.54 Å². The topological polar surface area (TPSA) is 63.9 Å². The molecule has 1 heterocycles. The van der Waals surface area contributed by atoms with Crippen LogP contribution >= 0.6 is 0 Å². The Morgan fingerprint density at radius 2 is 1.40 bits per heavy atom. The Bertz CT molecular complexity index is 194. The highest BCUT2D eigenvalue weighted by atomic mass is 16.3. The van der Waals surface area contributed by atoms with Gasteiger partial charge in [0.2, 0.25) is 0 Å². The smallest absolute Gasteiger partial charge is 0.0906 e. The van der Waals surface area contributed by atoms with Crippen molar-refractivity contribution in [1.29, 1.82) is 0 Å². The van der Waals surface area contributed by atoms with E-state index in [2.05, 4.69) is 20.8 Å². The van der Waals surface area contributed by atoms with E-state index in [-0.39, 0.29) is 25.2 Å². The SMILES string of the molecule is CC(C)(C)C1CN(C(CO)(CO)CO)C1. The van der Waals surface area contributed by atoms with Crippen molar-refractivity contribution in [2.45, 2.75) is 26.3 Å². The van der Waals surface area contributed by atoms with Crippen molar-refractivity contribution in [3.05, 3.63) is 0 Å². The summed E-state index contributed by atoms with van der Waals surface area (Å²) in [7, 11) is 0. The fraction of sp³-hybridized carbons (Fsp3) is 1.00. The lowest BCUT2D eigenvalue weighted by atomic mass is 9.74. The van der Waals surface area contributed by atoms with E-state index in [1.807, 2.05) is 4.90 Å². The van der Waals surface area contributed by atoms with Crippen LogP contribution in [0, 0.1) is 11.3 Å². The summed E-state index contributed by atoms with van der Waals surface area (Å²) in [6.07, 6.45) is 0. The van der Waals surface area contributed by atoms with Gasteiger partial charge in [0.25, 0.3) is 0 Å². The van der Waals surface area contributed by atoms with Crippen molar-refractivity contribution in [2.75, 3.05) is 32.9 Å². The molecule has 0 unspecified atom stereocenters. The van der Waals surface area contributed by atoms with E-state index >= 15 is 0 Å². The summed E-state index contributed by atoms with van der Waals surface area (Å²) in [6.45, 7) is 7.65. The molecule has 0 aromatic rings. The molecule has 0 atom stereocenters. The second-order valence-electron chi connectivity index (χ2n) is 5.67. The minimum Gasteiger partial charge on any atom is -0.394 e. The number of aliphatic hydroxyl groups excluding tert-OH is 3. The zero-order valence-electron chi connectivity index (χ0n) is 9.90. The van der Waals surface area contributed by atoms with Gasteiger partial charge in [0.15, 0.2) is 0 Å². The van der Waals surface area contributed by atoms with Gasteiger partial charge in [-0.3, -0.25) is 4.90 Å². The lowest BCUT2D eigenvalue weighted by molar-refractivity contribution is -0.118. The van der Waals surface area contributed by atoms with Crippen LogP contribution in [0.5, 0.6) is 0 Å². The Balaban J connectivity index is 2.56. The molecule has 1 aliphatic rings. The van der Waals surface area contributed by atoms with Gasteiger partial charge in [-0.1, -0.05) is 20.8 Å². The molecule has 0 bridgehead atoms. The van der Waals surface area contributed by atoms with Crippen LogP contribution in [0.2, 0.25) is 0 Å². The molecule has 0 aromatic heterocycles. The maximum atomic E-state index is 9.24. The monoisotopic (exact) mass is 217 g/mol. The first-order chi connectivity index (χ1) is 6.89. The molecule has 1 fully saturated rings. The third-order valence-electron chi connectivity index (χ3n) is 3.66. The van der Waals surface area contributed by atoms with E-state index in [0.29, 0.717) is 5.92 Å². The predicted molar refractivity (Wildman–Crippen MR) is 58.5 cm³/mol. The van der Waals surface area contributed by atoms with Gasteiger partial charge in [0, 0.05) is 13.1 Å². The maximum absolute atomic E-state index is 9.24. The normalized spacial score (nSPS) is 20.4. The average Bonchev–Trinajstić information content (AvgIpc) is 2.08. The Hall–Kier alpha value is -0.160. The minimum atomic E-state index is -0.832. The highest BCUT2D eigenvalue weighted by molar-refractivity contribution is 4.99. The zero-order valence-corrected chi connectivity index (χ0v) is 9.90. The summed E-state index contributed by atoms with van der Waals surface area (Å²) in [6, 6.07) is 0. The summed E-state index contributed by atoms with van der Waals surface area (Å²) in [4.78, 5) is 1.98. The number of hydrogen-bond donors (Lipinski definition) is 3. The van der Waals surface area contributed by atoms with Gasteiger partial charge in [-0.05, 0) is 11.3 Å². The van der Waals surface area contributed by atoms with Crippen LogP contribution in [0.3, 0.4) is 0 Å². The molecule has 3 N–H and O–H groups in total. The summed E-state index contributed by atoms with van der Waals surface area (Å²) < 4.78 is 0. The number of rotatable bonds is 4. The summed E-state index contributed by atoms with van der Waals surface area (Å²) in [5.74, 6) is 0.571. The molecule has 0 radical (unpaired) electrons. The quantitative estimate of drug-likeness (QED) is 0.604. The molecule has 0 aliphatic carbocycles. The number of aliphatic hydroxyl groups is 3. The first-order valence-electron chi connectivity index (χ1n) is 5.47. The molecular weight excluding hydrogens is 194 g/mol. The molecule has 0 aromatic carbocycles. The lowest BCUT2D eigenvalue weighted by Crippen LogP contribution is -2.67. The first kappa shape index (κ1) is 12.9. The van der Waals surface area contributed by atoms with Crippen molar-refractivity contribution in [3.8, 4) is 0 Å². The van der Waals surface area contributed by atoms with E-state index in [9.17, 15) is 15.3 Å². The van der Waals surface area contributed by atoms with E-state index in [1.54, 1.807) is 0 Å². The Labute approximate surface area is 91.5 Å². The lowest BCUT2D eigenvalue weighted by Gasteiger charge is -2.54. The molecule has 90 valence electrons. The number of likely N-dealkylation sites (tertiary alicyclic amines) is 1. The molecule has 1 rings (SSSR count). The zero-order chi connectivity index (χ0) is 11.7. The van der Waals surface area contributed by atoms with Crippen LogP contribution in [0.1, 0.15) is 20.8 Å². The molecular formula is C11H23NO3. The standard InChI is InChI=1S/C11H23NO3/c1-10(2,3)9-4-12(5-9)11(6-13,7-14)8-15/h9,13-15H,4-8H2,1-3H3. The second-order valence-corrected chi connectivity index (χ2v) is 5.67. The average molecular weight is 217 g/mol. The van der Waals surface area contributed by atoms with Crippen molar-refractivity contribution < 1.29 is 15.3 Å². The van der Waals surface area contributed by atoms with Gasteiger partial charge in [-0.2, -0.15) is 0 Å². The van der Waals surface area contributed by atoms with Gasteiger partial charge in [0.1, 0.15) is 0 Å². The van der Waals surface area contributed by atoms with Crippen LogP contribution in [0.4, 0.5) is 0 Å². The number of hydrogen-bond acceptors (Lipinski definition) is 4. The van der Waals surface area contributed by atoms with Crippen molar-refractivity contribution >= 4 is 0 Å². The molecule has 0 saturated carbocycles. The summed E-state index contributed by atoms with van der Waals surface area (Å²) in [5.41, 5.74) is -0.579. The molecule has 1 saturated heterocycles. The summed E-state index contributed by atoms with van der Waals surface area (Å²) in [5, 5.41) is 27.7. The predicted octanol–water partition coefficient (Wildman–Crippen LogP) is -0.320. The Morgan fingerprint density at radius 3 is 1.67 bits per heavy atom. The Morgan fingerprint density at radius 1 is 1.00 bits per heavy atom. The molecule has 0 spiro atoms. The highest BCUT2D eigenvalue weighted by Crippen LogP contribution is 2.37. The van der Waals surface area contributed by atoms with Crippen LogP contribution in [-0.4, -0.2) is 58.7 Å². The van der Waals surface area contributed by atoms with Gasteiger partial charge in [0.05, 0.1) is 25.4 Å². The molecule has 1 aliphatic heterocycles. The maximum Gasteiger partial charge on any atom is 0.0906 e. The first-order valence-corrected chi connectivity index (χ1v) is 5.47. The van der Waals surface area contributed by atoms with E-state index in [1.165, 1.54) is 0 Å². The molecule has 4 nitrogen and oxygen atoms in total. The Kier molecular flexibility index (Phi) is 3.76. The van der Waals surface area contributed by atoms with Crippen LogP contribution < -0.4 is 0 Å².